The third-order valence-corrected chi connectivity index (χ3v) is 4.44. The first-order valence-corrected chi connectivity index (χ1v) is 7.99. The van der Waals surface area contributed by atoms with E-state index in [-0.39, 0.29) is 12.1 Å². The maximum atomic E-state index is 13.8. The van der Waals surface area contributed by atoms with Gasteiger partial charge in [-0.15, -0.1) is 0 Å². The van der Waals surface area contributed by atoms with Crippen LogP contribution in [0.25, 0.3) is 0 Å². The second-order valence-corrected chi connectivity index (χ2v) is 6.05. The van der Waals surface area contributed by atoms with Gasteiger partial charge in [0.05, 0.1) is 19.3 Å². The Labute approximate surface area is 155 Å². The summed E-state index contributed by atoms with van der Waals surface area (Å²) in [6.45, 7) is -0.154. The number of nitrogens with zero attached hydrogens (tertiary/aromatic N) is 1. The van der Waals surface area contributed by atoms with Gasteiger partial charge in [0, 0.05) is 5.92 Å². The highest BCUT2D eigenvalue weighted by molar-refractivity contribution is 6.08. The summed E-state index contributed by atoms with van der Waals surface area (Å²) >= 11 is 0. The first kappa shape index (κ1) is 19.7. The van der Waals surface area contributed by atoms with Gasteiger partial charge < -0.3 is 5.32 Å². The molecule has 5 nitrogen and oxygen atoms in total. The Morgan fingerprint density at radius 2 is 1.71 bits per heavy atom. The van der Waals surface area contributed by atoms with Crippen molar-refractivity contribution >= 4 is 17.5 Å². The molecule has 2 amide bonds. The minimum Gasteiger partial charge on any atom is -0.323 e. The van der Waals surface area contributed by atoms with Crippen LogP contribution in [-0.2, 0) is 14.4 Å². The molecule has 10 heteroatoms. The van der Waals surface area contributed by atoms with Crippen LogP contribution in [0, 0.1) is 35.0 Å². The van der Waals surface area contributed by atoms with Gasteiger partial charge >= 0.3 is 0 Å². The van der Waals surface area contributed by atoms with Gasteiger partial charge in [-0.25, -0.2) is 27.0 Å². The number of hydrogen-bond donors (Lipinski definition) is 1. The number of nitrogens with one attached hydrogen (secondary N) is 1. The van der Waals surface area contributed by atoms with Crippen molar-refractivity contribution in [3.8, 4) is 0 Å². The van der Waals surface area contributed by atoms with E-state index in [1.54, 1.807) is 0 Å². The maximum absolute atomic E-state index is 13.8. The van der Waals surface area contributed by atoms with Gasteiger partial charge in [-0.2, -0.15) is 0 Å². The van der Waals surface area contributed by atoms with E-state index in [9.17, 15) is 31.5 Å². The zero-order valence-corrected chi connectivity index (χ0v) is 14.3. The van der Waals surface area contributed by atoms with Crippen molar-refractivity contribution in [3.05, 3.63) is 65.0 Å². The number of hydrogen-bond acceptors (Lipinski definition) is 3. The molecule has 1 aliphatic heterocycles. The monoisotopic (exact) mass is 400 g/mol. The maximum Gasteiger partial charge on any atom is 0.259 e. The molecule has 2 atom stereocenters. The molecule has 1 aliphatic rings. The number of amides is 2. The first-order chi connectivity index (χ1) is 13.2. The molecule has 1 heterocycles. The van der Waals surface area contributed by atoms with E-state index in [2.05, 4.69) is 0 Å². The lowest BCUT2D eigenvalue weighted by molar-refractivity contribution is -0.170. The number of rotatable bonds is 4. The van der Waals surface area contributed by atoms with Crippen LogP contribution in [0.1, 0.15) is 11.5 Å². The Morgan fingerprint density at radius 1 is 1.04 bits per heavy atom. The summed E-state index contributed by atoms with van der Waals surface area (Å²) < 4.78 is 67.0. The summed E-state index contributed by atoms with van der Waals surface area (Å²) in [5, 5.41) is 2.87. The van der Waals surface area contributed by atoms with Crippen molar-refractivity contribution in [3.63, 3.8) is 0 Å². The zero-order chi connectivity index (χ0) is 20.6. The standard InChI is InChI=1S/C18H13F5N2O3/c1-28-25-7-9(8-2-3-10(19)12(21)6-8)14(18(25)27)17(26)24-13-5-4-11(20)15(22)16(13)23/h2-6,9,14H,7H2,1H3,(H,24,26)/t9-,14+/m1/s1. The average Bonchev–Trinajstić information content (AvgIpc) is 3.01. The summed E-state index contributed by atoms with van der Waals surface area (Å²) in [6, 6.07) is 4.29. The fraction of sp³-hybridized carbons (Fsp3) is 0.222. The molecule has 2 aromatic rings. The largest absolute Gasteiger partial charge is 0.323 e. The SMILES string of the molecule is CON1C[C@H](c2ccc(F)c(F)c2)[C@@H](C(=O)Nc2ccc(F)c(F)c2F)C1=O. The molecule has 1 saturated heterocycles. The minimum atomic E-state index is -1.79. The van der Waals surface area contributed by atoms with Crippen molar-refractivity contribution in [2.24, 2.45) is 5.92 Å². The van der Waals surface area contributed by atoms with Crippen LogP contribution < -0.4 is 5.32 Å². The Kier molecular flexibility index (Phi) is 5.32. The van der Waals surface area contributed by atoms with Crippen molar-refractivity contribution in [2.45, 2.75) is 5.92 Å². The lowest BCUT2D eigenvalue weighted by atomic mass is 9.87. The number of hydroxylamine groups is 2. The summed E-state index contributed by atoms with van der Waals surface area (Å²) in [5.74, 6) is -11.4. The van der Waals surface area contributed by atoms with E-state index < -0.39 is 58.4 Å². The van der Waals surface area contributed by atoms with Gasteiger partial charge in [0.15, 0.2) is 29.1 Å². The fourth-order valence-electron chi connectivity index (χ4n) is 3.03. The summed E-state index contributed by atoms with van der Waals surface area (Å²) in [5.41, 5.74) is -0.533. The Balaban J connectivity index is 1.94. The third kappa shape index (κ3) is 3.42. The number of halogens is 5. The molecule has 0 bridgehead atoms. The number of carbonyl (C=O) groups excluding carboxylic acids is 2. The first-order valence-electron chi connectivity index (χ1n) is 7.99. The summed E-state index contributed by atoms with van der Waals surface area (Å²) in [6.07, 6.45) is 0. The molecular weight excluding hydrogens is 387 g/mol. The molecule has 148 valence electrons. The van der Waals surface area contributed by atoms with E-state index in [0.717, 1.165) is 23.3 Å². The minimum absolute atomic E-state index is 0.137. The molecule has 0 radical (unpaired) electrons. The highest BCUT2D eigenvalue weighted by Crippen LogP contribution is 2.35. The van der Waals surface area contributed by atoms with Gasteiger partial charge in [0.2, 0.25) is 5.91 Å². The molecule has 1 N–H and O–H groups in total. The molecule has 28 heavy (non-hydrogen) atoms. The lowest BCUT2D eigenvalue weighted by Gasteiger charge is -2.17. The normalized spacial score (nSPS) is 19.2. The average molecular weight is 400 g/mol. The fourth-order valence-corrected chi connectivity index (χ4v) is 3.03. The van der Waals surface area contributed by atoms with Crippen LogP contribution in [-0.4, -0.2) is 30.5 Å². The topological polar surface area (TPSA) is 58.6 Å². The number of carbonyl (C=O) groups is 2. The van der Waals surface area contributed by atoms with Gasteiger partial charge in [-0.1, -0.05) is 6.07 Å². The molecule has 0 aromatic heterocycles. The van der Waals surface area contributed by atoms with E-state index >= 15 is 0 Å². The Hall–Kier alpha value is -3.01. The molecule has 1 fully saturated rings. The van der Waals surface area contributed by atoms with Gasteiger partial charge in [0.25, 0.3) is 5.91 Å². The van der Waals surface area contributed by atoms with Crippen molar-refractivity contribution in [1.29, 1.82) is 0 Å². The van der Waals surface area contributed by atoms with Crippen LogP contribution in [0.5, 0.6) is 0 Å². The number of anilines is 1. The summed E-state index contributed by atoms with van der Waals surface area (Å²) in [7, 11) is 1.18. The van der Waals surface area contributed by atoms with Crippen molar-refractivity contribution < 1.29 is 36.4 Å². The second kappa shape index (κ2) is 7.55. The van der Waals surface area contributed by atoms with E-state index in [1.165, 1.54) is 13.2 Å². The number of benzene rings is 2. The van der Waals surface area contributed by atoms with Crippen LogP contribution in [0.15, 0.2) is 30.3 Å². The van der Waals surface area contributed by atoms with E-state index in [1.807, 2.05) is 5.32 Å². The van der Waals surface area contributed by atoms with E-state index in [4.69, 9.17) is 4.84 Å². The second-order valence-electron chi connectivity index (χ2n) is 6.05. The molecule has 3 rings (SSSR count). The molecule has 0 saturated carbocycles. The zero-order valence-electron chi connectivity index (χ0n) is 14.3. The van der Waals surface area contributed by atoms with E-state index in [0.29, 0.717) is 6.07 Å². The predicted octanol–water partition coefficient (Wildman–Crippen LogP) is 3.12. The predicted molar refractivity (Wildman–Crippen MR) is 86.3 cm³/mol. The van der Waals surface area contributed by atoms with Crippen LogP contribution in [0.3, 0.4) is 0 Å². The van der Waals surface area contributed by atoms with Crippen molar-refractivity contribution in [2.75, 3.05) is 19.0 Å². The third-order valence-electron chi connectivity index (χ3n) is 4.44. The van der Waals surface area contributed by atoms with Crippen LogP contribution in [0.2, 0.25) is 0 Å². The van der Waals surface area contributed by atoms with Gasteiger partial charge in [-0.3, -0.25) is 14.4 Å². The Morgan fingerprint density at radius 3 is 2.36 bits per heavy atom. The molecule has 0 unspecified atom stereocenters. The van der Waals surface area contributed by atoms with Gasteiger partial charge in [-0.05, 0) is 29.8 Å². The van der Waals surface area contributed by atoms with Crippen molar-refractivity contribution in [1.82, 2.24) is 5.06 Å². The smallest absolute Gasteiger partial charge is 0.259 e. The quantitative estimate of drug-likeness (QED) is 0.488. The highest BCUT2D eigenvalue weighted by Gasteiger charge is 2.46. The molecular formula is C18H13F5N2O3. The van der Waals surface area contributed by atoms with Gasteiger partial charge in [0.1, 0.15) is 5.92 Å². The Bertz CT molecular complexity index is 953. The molecule has 0 spiro atoms. The molecule has 2 aromatic carbocycles. The lowest BCUT2D eigenvalue weighted by Crippen LogP contribution is -2.34. The van der Waals surface area contributed by atoms with Crippen LogP contribution >= 0.6 is 0 Å². The summed E-state index contributed by atoms with van der Waals surface area (Å²) in [4.78, 5) is 29.9. The highest BCUT2D eigenvalue weighted by atomic mass is 19.2. The molecule has 0 aliphatic carbocycles. The van der Waals surface area contributed by atoms with Crippen LogP contribution in [0.4, 0.5) is 27.6 Å².